The molecule has 0 aliphatic carbocycles. The van der Waals surface area contributed by atoms with Crippen molar-refractivity contribution in [3.05, 3.63) is 36.5 Å². The predicted octanol–water partition coefficient (Wildman–Crippen LogP) is 23.8. The van der Waals surface area contributed by atoms with Gasteiger partial charge in [-0.2, -0.15) is 0 Å². The quantitative estimate of drug-likeness (QED) is 0.0205. The van der Waals surface area contributed by atoms with E-state index in [1.54, 1.807) is 0 Å². The van der Waals surface area contributed by atoms with Gasteiger partial charge in [0, 0.05) is 12.8 Å². The molecule has 0 heterocycles. The lowest BCUT2D eigenvalue weighted by molar-refractivity contribution is -0.870. The molecule has 0 saturated heterocycles. The number of quaternary nitrogens is 1. The second-order valence-corrected chi connectivity index (χ2v) is 28.3. The van der Waals surface area contributed by atoms with Gasteiger partial charge in [0.1, 0.15) is 19.3 Å². The van der Waals surface area contributed by atoms with Crippen LogP contribution in [0, 0.1) is 0 Å². The van der Waals surface area contributed by atoms with Crippen LogP contribution in [0.4, 0.5) is 0 Å². The molecule has 0 bridgehead atoms. The van der Waals surface area contributed by atoms with E-state index in [1.165, 1.54) is 283 Å². The molecule has 3 atom stereocenters. The number of esters is 1. The first-order valence-electron chi connectivity index (χ1n) is 37.3. The normalized spacial score (nSPS) is 13.6. The number of phosphoric acid groups is 1. The summed E-state index contributed by atoms with van der Waals surface area (Å²) in [7, 11) is 1.52. The van der Waals surface area contributed by atoms with E-state index < -0.39 is 20.0 Å². The van der Waals surface area contributed by atoms with Crippen LogP contribution in [0.2, 0.25) is 0 Å². The van der Waals surface area contributed by atoms with E-state index in [-0.39, 0.29) is 25.1 Å². The number of allylic oxidation sites excluding steroid dienone is 5. The van der Waals surface area contributed by atoms with Crippen LogP contribution in [0.3, 0.4) is 0 Å². The minimum Gasteiger partial charge on any atom is -0.456 e. The van der Waals surface area contributed by atoms with Gasteiger partial charge < -0.3 is 19.4 Å². The van der Waals surface area contributed by atoms with Crippen LogP contribution in [-0.2, 0) is 27.9 Å². The van der Waals surface area contributed by atoms with Crippen LogP contribution in [0.15, 0.2) is 36.5 Å². The Labute approximate surface area is 529 Å². The molecular weight excluding hydrogens is 1070 g/mol. The van der Waals surface area contributed by atoms with Crippen molar-refractivity contribution in [2.75, 3.05) is 40.9 Å². The SMILES string of the molecule is CCCCC/C=C\C/C=C\CCCCCCCCCCCCCCCCCCCC(=O)OC(/C=C/CCCCCCCCCCCCC)C(COP(=O)(O)OCC[N+](C)(C)C)NC(=O)CCCCCCCCCCCCCCCCCCCCC. The Balaban J connectivity index is 4.98. The minimum absolute atomic E-state index is 0.0442. The molecule has 0 saturated carbocycles. The van der Waals surface area contributed by atoms with Crippen molar-refractivity contribution < 1.29 is 37.3 Å². The molecule has 3 unspecified atom stereocenters. The van der Waals surface area contributed by atoms with Gasteiger partial charge in [0.15, 0.2) is 0 Å². The molecule has 0 rings (SSSR count). The van der Waals surface area contributed by atoms with E-state index in [1.807, 2.05) is 27.2 Å². The van der Waals surface area contributed by atoms with Crippen LogP contribution in [0.25, 0.3) is 0 Å². The number of rotatable bonds is 69. The van der Waals surface area contributed by atoms with Crippen molar-refractivity contribution in [1.82, 2.24) is 5.32 Å². The molecule has 0 fully saturated rings. The highest BCUT2D eigenvalue weighted by molar-refractivity contribution is 7.47. The lowest BCUT2D eigenvalue weighted by Crippen LogP contribution is -2.47. The molecule has 10 heteroatoms. The number of nitrogens with one attached hydrogen (secondary N) is 1. The third-order valence-corrected chi connectivity index (χ3v) is 18.1. The number of carbonyl (C=O) groups excluding carboxylic acids is 2. The fraction of sp³-hybridized carbons (Fsp3) is 0.893. The molecule has 9 nitrogen and oxygen atoms in total. The number of unbranched alkanes of at least 4 members (excludes halogenated alkanes) is 49. The molecule has 85 heavy (non-hydrogen) atoms. The molecular formula is C75H146N2O7P+. The standard InChI is InChI=1S/C75H145N2O7P/c1-7-10-13-16-19-22-25-28-30-32-34-35-36-37-38-39-40-41-43-45-47-50-53-56-59-62-65-68-75(79)84-73(66-63-60-57-54-51-48-27-24-21-18-15-12-9-3)72(71-83-85(80,81)82-70-69-77(4,5)6)76-74(78)67-64-61-58-55-52-49-46-44-42-33-31-29-26-23-20-17-14-11-8-2/h19,22,28,30,63,66,72-73H,7-18,20-21,23-27,29,31-62,64-65,67-71H2,1-6H3,(H-,76,78,80,81)/p+1/b22-19-,30-28-,66-63+. The Morgan fingerprint density at radius 3 is 1.08 bits per heavy atom. The monoisotopic (exact) mass is 1220 g/mol. The lowest BCUT2D eigenvalue weighted by Gasteiger charge is -2.27. The molecule has 0 aromatic rings. The van der Waals surface area contributed by atoms with Crippen molar-refractivity contribution in [3.8, 4) is 0 Å². The second-order valence-electron chi connectivity index (χ2n) is 26.8. The molecule has 0 spiro atoms. The van der Waals surface area contributed by atoms with Crippen molar-refractivity contribution in [2.24, 2.45) is 0 Å². The van der Waals surface area contributed by atoms with Crippen LogP contribution in [0.5, 0.6) is 0 Å². The first kappa shape index (κ1) is 83.2. The lowest BCUT2D eigenvalue weighted by atomic mass is 10.0. The number of phosphoric ester groups is 1. The molecule has 0 aliphatic heterocycles. The third-order valence-electron chi connectivity index (χ3n) is 17.1. The number of hydrogen-bond donors (Lipinski definition) is 2. The topological polar surface area (TPSA) is 111 Å². The van der Waals surface area contributed by atoms with E-state index in [4.69, 9.17) is 13.8 Å². The van der Waals surface area contributed by atoms with Gasteiger partial charge in [0.25, 0.3) is 0 Å². The predicted molar refractivity (Wildman–Crippen MR) is 369 cm³/mol. The maximum absolute atomic E-state index is 13.6. The van der Waals surface area contributed by atoms with Crippen molar-refractivity contribution in [3.63, 3.8) is 0 Å². The summed E-state index contributed by atoms with van der Waals surface area (Å²) in [5, 5.41) is 3.08. The van der Waals surface area contributed by atoms with Crippen LogP contribution < -0.4 is 5.32 Å². The zero-order chi connectivity index (χ0) is 62.1. The van der Waals surface area contributed by atoms with Crippen LogP contribution in [0.1, 0.15) is 380 Å². The summed E-state index contributed by atoms with van der Waals surface area (Å²) < 4.78 is 30.9. The number of likely N-dealkylation sites (N-methyl/N-ethyl adjacent to an activating group) is 1. The van der Waals surface area contributed by atoms with E-state index in [0.29, 0.717) is 23.9 Å². The highest BCUT2D eigenvalue weighted by Crippen LogP contribution is 2.43. The number of hydrogen-bond acceptors (Lipinski definition) is 6. The van der Waals surface area contributed by atoms with E-state index >= 15 is 0 Å². The van der Waals surface area contributed by atoms with E-state index in [0.717, 1.165) is 64.2 Å². The van der Waals surface area contributed by atoms with Gasteiger partial charge in [-0.05, 0) is 63.9 Å². The zero-order valence-electron chi connectivity index (χ0n) is 57.6. The maximum Gasteiger partial charge on any atom is 0.472 e. The average molecular weight is 1220 g/mol. The number of amides is 1. The van der Waals surface area contributed by atoms with Gasteiger partial charge in [-0.3, -0.25) is 18.6 Å². The summed E-state index contributed by atoms with van der Waals surface area (Å²) in [5.74, 6) is -0.480. The largest absolute Gasteiger partial charge is 0.472 e. The molecule has 2 N–H and O–H groups in total. The maximum atomic E-state index is 13.6. The number of nitrogens with zero attached hydrogens (tertiary/aromatic N) is 1. The fourth-order valence-corrected chi connectivity index (χ4v) is 12.1. The molecule has 0 radical (unpaired) electrons. The summed E-state index contributed by atoms with van der Waals surface area (Å²) in [6, 6.07) is -0.844. The van der Waals surface area contributed by atoms with Gasteiger partial charge in [0.05, 0.1) is 33.8 Å². The Morgan fingerprint density at radius 2 is 0.718 bits per heavy atom. The molecule has 0 aromatic carbocycles. The van der Waals surface area contributed by atoms with Gasteiger partial charge in [-0.15, -0.1) is 0 Å². The van der Waals surface area contributed by atoms with Crippen molar-refractivity contribution in [1.29, 1.82) is 0 Å². The highest BCUT2D eigenvalue weighted by atomic mass is 31.2. The molecule has 0 aliphatic rings. The minimum atomic E-state index is -4.45. The summed E-state index contributed by atoms with van der Waals surface area (Å²) in [6.07, 6.45) is 81.6. The summed E-state index contributed by atoms with van der Waals surface area (Å²) >= 11 is 0. The smallest absolute Gasteiger partial charge is 0.456 e. The molecule has 502 valence electrons. The van der Waals surface area contributed by atoms with Crippen molar-refractivity contribution in [2.45, 2.75) is 392 Å². The summed E-state index contributed by atoms with van der Waals surface area (Å²) in [5.41, 5.74) is 0. The average Bonchev–Trinajstić information content (AvgIpc) is 3.50. The third kappa shape index (κ3) is 66.5. The first-order chi connectivity index (χ1) is 41.4. The fourth-order valence-electron chi connectivity index (χ4n) is 11.3. The van der Waals surface area contributed by atoms with Gasteiger partial charge in [-0.1, -0.05) is 340 Å². The van der Waals surface area contributed by atoms with Crippen LogP contribution in [-0.4, -0.2) is 74.3 Å². The van der Waals surface area contributed by atoms with E-state index in [9.17, 15) is 19.0 Å². The van der Waals surface area contributed by atoms with Crippen LogP contribution >= 0.6 is 7.82 Å². The Bertz CT molecular complexity index is 1550. The van der Waals surface area contributed by atoms with Gasteiger partial charge in [-0.25, -0.2) is 4.57 Å². The Kier molecular flexibility index (Phi) is 63.8. The van der Waals surface area contributed by atoms with Crippen molar-refractivity contribution >= 4 is 19.7 Å². The molecule has 1 amide bonds. The first-order valence-corrected chi connectivity index (χ1v) is 38.8. The zero-order valence-corrected chi connectivity index (χ0v) is 58.5. The summed E-state index contributed by atoms with van der Waals surface area (Å²) in [4.78, 5) is 38.0. The van der Waals surface area contributed by atoms with Gasteiger partial charge in [0.2, 0.25) is 5.91 Å². The summed E-state index contributed by atoms with van der Waals surface area (Å²) in [6.45, 7) is 7.06. The Morgan fingerprint density at radius 1 is 0.412 bits per heavy atom. The second kappa shape index (κ2) is 65.2. The van der Waals surface area contributed by atoms with Gasteiger partial charge >= 0.3 is 13.8 Å². The highest BCUT2D eigenvalue weighted by Gasteiger charge is 2.30. The number of carbonyl (C=O) groups is 2. The van der Waals surface area contributed by atoms with E-state index in [2.05, 4.69) is 56.5 Å². The number of ether oxygens (including phenoxy) is 1. The molecule has 0 aromatic heterocycles. The Hall–Kier alpha value is -1.77.